The maximum atomic E-state index is 11.1. The van der Waals surface area contributed by atoms with Crippen LogP contribution in [0.15, 0.2) is 0 Å². The van der Waals surface area contributed by atoms with Gasteiger partial charge in [-0.2, -0.15) is 0 Å². The summed E-state index contributed by atoms with van der Waals surface area (Å²) in [5.41, 5.74) is -0.0402. The van der Waals surface area contributed by atoms with Gasteiger partial charge < -0.3 is 10.4 Å². The van der Waals surface area contributed by atoms with Gasteiger partial charge in [0.05, 0.1) is 6.61 Å². The summed E-state index contributed by atoms with van der Waals surface area (Å²) in [7, 11) is 2.46. The minimum Gasteiger partial charge on any atom is -0.396 e. The van der Waals surface area contributed by atoms with Gasteiger partial charge in [0.2, 0.25) is 5.91 Å². The third kappa shape index (κ3) is 3.68. The molecule has 2 N–H and O–H groups in total. The monoisotopic (exact) mass is 177 g/mol. The SMILES string of the molecule is CCNC(=O)C(C)C(P)CO. The second-order valence-electron chi connectivity index (χ2n) is 2.53. The summed E-state index contributed by atoms with van der Waals surface area (Å²) in [6.45, 7) is 4.36. The van der Waals surface area contributed by atoms with Crippen molar-refractivity contribution in [2.45, 2.75) is 19.5 Å². The van der Waals surface area contributed by atoms with Gasteiger partial charge in [-0.3, -0.25) is 4.79 Å². The summed E-state index contributed by atoms with van der Waals surface area (Å²) < 4.78 is 0. The fraction of sp³-hybridized carbons (Fsp3) is 0.857. The quantitative estimate of drug-likeness (QED) is 0.593. The van der Waals surface area contributed by atoms with E-state index in [0.29, 0.717) is 6.54 Å². The Labute approximate surface area is 69.8 Å². The van der Waals surface area contributed by atoms with E-state index in [4.69, 9.17) is 5.11 Å². The molecular formula is C7H16NO2P. The van der Waals surface area contributed by atoms with Gasteiger partial charge in [-0.05, 0) is 6.92 Å². The van der Waals surface area contributed by atoms with Crippen LogP contribution in [0.3, 0.4) is 0 Å². The molecule has 0 aromatic heterocycles. The molecule has 0 aromatic rings. The molecule has 0 aromatic carbocycles. The number of carbonyl (C=O) groups excluding carboxylic acids is 1. The van der Waals surface area contributed by atoms with Gasteiger partial charge in [0.25, 0.3) is 0 Å². The lowest BCUT2D eigenvalue weighted by Crippen LogP contribution is -2.34. The van der Waals surface area contributed by atoms with Crippen molar-refractivity contribution in [2.75, 3.05) is 13.2 Å². The second-order valence-corrected chi connectivity index (χ2v) is 3.39. The fourth-order valence-electron chi connectivity index (χ4n) is 0.688. The number of carbonyl (C=O) groups is 1. The van der Waals surface area contributed by atoms with Crippen LogP contribution in [0.25, 0.3) is 0 Å². The smallest absolute Gasteiger partial charge is 0.223 e. The molecule has 3 nitrogen and oxygen atoms in total. The summed E-state index contributed by atoms with van der Waals surface area (Å²) in [6, 6.07) is 0. The molecule has 11 heavy (non-hydrogen) atoms. The van der Waals surface area contributed by atoms with E-state index in [2.05, 4.69) is 14.6 Å². The van der Waals surface area contributed by atoms with E-state index in [1.54, 1.807) is 6.92 Å². The Morgan fingerprint density at radius 1 is 1.73 bits per heavy atom. The Morgan fingerprint density at radius 3 is 2.64 bits per heavy atom. The van der Waals surface area contributed by atoms with Gasteiger partial charge in [0, 0.05) is 18.1 Å². The average molecular weight is 177 g/mol. The molecule has 3 unspecified atom stereocenters. The normalized spacial score (nSPS) is 15.6. The fourth-order valence-corrected chi connectivity index (χ4v) is 0.863. The van der Waals surface area contributed by atoms with E-state index in [-0.39, 0.29) is 24.1 Å². The molecule has 0 heterocycles. The topological polar surface area (TPSA) is 49.3 Å². The summed E-state index contributed by atoms with van der Waals surface area (Å²) in [5, 5.41) is 11.4. The zero-order valence-electron chi connectivity index (χ0n) is 7.00. The number of aliphatic hydroxyl groups is 1. The van der Waals surface area contributed by atoms with E-state index in [9.17, 15) is 4.79 Å². The minimum atomic E-state index is -0.134. The zero-order valence-corrected chi connectivity index (χ0v) is 8.16. The van der Waals surface area contributed by atoms with Crippen molar-refractivity contribution in [3.8, 4) is 0 Å². The Morgan fingerprint density at radius 2 is 2.27 bits per heavy atom. The largest absolute Gasteiger partial charge is 0.396 e. The minimum absolute atomic E-state index is 0.00144. The Balaban J connectivity index is 3.80. The van der Waals surface area contributed by atoms with Crippen LogP contribution >= 0.6 is 9.24 Å². The molecule has 1 amide bonds. The van der Waals surface area contributed by atoms with Crippen molar-refractivity contribution in [1.82, 2.24) is 5.32 Å². The molecule has 0 spiro atoms. The average Bonchev–Trinajstić information content (AvgIpc) is 2.02. The van der Waals surface area contributed by atoms with Gasteiger partial charge in [-0.25, -0.2) is 0 Å². The lowest BCUT2D eigenvalue weighted by atomic mass is 10.1. The number of rotatable bonds is 4. The lowest BCUT2D eigenvalue weighted by Gasteiger charge is -2.15. The van der Waals surface area contributed by atoms with Crippen LogP contribution in [0.5, 0.6) is 0 Å². The maximum absolute atomic E-state index is 11.1. The molecule has 0 aliphatic heterocycles. The maximum Gasteiger partial charge on any atom is 0.223 e. The molecule has 0 fully saturated rings. The predicted octanol–water partition coefficient (Wildman–Crippen LogP) is -0.00540. The van der Waals surface area contributed by atoms with Crippen LogP contribution in [-0.2, 0) is 4.79 Å². The number of hydrogen-bond donors (Lipinski definition) is 2. The van der Waals surface area contributed by atoms with Crippen molar-refractivity contribution in [3.05, 3.63) is 0 Å². The summed E-state index contributed by atoms with van der Waals surface area (Å²) in [6.07, 6.45) is 0. The van der Waals surface area contributed by atoms with Gasteiger partial charge in [0.1, 0.15) is 0 Å². The van der Waals surface area contributed by atoms with Gasteiger partial charge in [0.15, 0.2) is 0 Å². The van der Waals surface area contributed by atoms with E-state index >= 15 is 0 Å². The predicted molar refractivity (Wildman–Crippen MR) is 48.4 cm³/mol. The second kappa shape index (κ2) is 5.50. The van der Waals surface area contributed by atoms with Crippen LogP contribution in [0.1, 0.15) is 13.8 Å². The molecule has 66 valence electrons. The first-order chi connectivity index (χ1) is 5.13. The number of amides is 1. The van der Waals surface area contributed by atoms with Crippen molar-refractivity contribution < 1.29 is 9.90 Å². The highest BCUT2D eigenvalue weighted by atomic mass is 31.0. The first-order valence-corrected chi connectivity index (χ1v) is 4.44. The molecule has 0 aliphatic rings. The van der Waals surface area contributed by atoms with Gasteiger partial charge >= 0.3 is 0 Å². The molecule has 4 heteroatoms. The molecular weight excluding hydrogens is 161 g/mol. The van der Waals surface area contributed by atoms with E-state index in [1.165, 1.54) is 0 Å². The Hall–Kier alpha value is -0.140. The van der Waals surface area contributed by atoms with Crippen molar-refractivity contribution in [3.63, 3.8) is 0 Å². The first kappa shape index (κ1) is 10.9. The number of aliphatic hydroxyl groups excluding tert-OH is 1. The van der Waals surface area contributed by atoms with Crippen LogP contribution < -0.4 is 5.32 Å². The third-order valence-electron chi connectivity index (χ3n) is 1.62. The van der Waals surface area contributed by atoms with E-state index < -0.39 is 0 Å². The summed E-state index contributed by atoms with van der Waals surface area (Å²) in [4.78, 5) is 11.1. The highest BCUT2D eigenvalue weighted by molar-refractivity contribution is 7.17. The van der Waals surface area contributed by atoms with E-state index in [0.717, 1.165) is 0 Å². The molecule has 0 radical (unpaired) electrons. The molecule has 0 saturated heterocycles. The zero-order chi connectivity index (χ0) is 8.85. The molecule has 0 rings (SSSR count). The van der Waals surface area contributed by atoms with Gasteiger partial charge in [-0.1, -0.05) is 6.92 Å². The van der Waals surface area contributed by atoms with Gasteiger partial charge in [-0.15, -0.1) is 9.24 Å². The molecule has 0 saturated carbocycles. The highest BCUT2D eigenvalue weighted by Crippen LogP contribution is 2.11. The standard InChI is InChI=1S/C7H16NO2P/c1-3-8-7(10)5(2)6(11)4-9/h5-6,9H,3-4,11H2,1-2H3,(H,8,10). The molecule has 3 atom stereocenters. The van der Waals surface area contributed by atoms with Crippen LogP contribution in [0.4, 0.5) is 0 Å². The Bertz CT molecular complexity index is 130. The van der Waals surface area contributed by atoms with Crippen molar-refractivity contribution >= 4 is 15.1 Å². The number of hydrogen-bond acceptors (Lipinski definition) is 2. The van der Waals surface area contributed by atoms with Crippen molar-refractivity contribution in [2.24, 2.45) is 5.92 Å². The summed E-state index contributed by atoms with van der Waals surface area (Å²) in [5.74, 6) is -0.133. The lowest BCUT2D eigenvalue weighted by molar-refractivity contribution is -0.124. The van der Waals surface area contributed by atoms with E-state index in [1.807, 2.05) is 6.92 Å². The number of nitrogens with one attached hydrogen (secondary N) is 1. The third-order valence-corrected chi connectivity index (χ3v) is 2.41. The summed E-state index contributed by atoms with van der Waals surface area (Å²) >= 11 is 0. The molecule has 0 bridgehead atoms. The van der Waals surface area contributed by atoms with Crippen LogP contribution in [-0.4, -0.2) is 29.8 Å². The van der Waals surface area contributed by atoms with Crippen LogP contribution in [0.2, 0.25) is 0 Å². The first-order valence-electron chi connectivity index (χ1n) is 3.77. The Kier molecular flexibility index (Phi) is 5.43. The molecule has 0 aliphatic carbocycles. The van der Waals surface area contributed by atoms with Crippen molar-refractivity contribution in [1.29, 1.82) is 0 Å². The highest BCUT2D eigenvalue weighted by Gasteiger charge is 2.18. The van der Waals surface area contributed by atoms with Crippen LogP contribution in [0, 0.1) is 5.92 Å².